The first kappa shape index (κ1) is 19.7. The molecule has 0 radical (unpaired) electrons. The lowest BCUT2D eigenvalue weighted by Crippen LogP contribution is -2.34. The second-order valence-electron chi connectivity index (χ2n) is 7.16. The number of hydrogen-bond acceptors (Lipinski definition) is 4. The molecule has 0 fully saturated rings. The number of benzene rings is 1. The van der Waals surface area contributed by atoms with E-state index in [-0.39, 0.29) is 30.2 Å². The van der Waals surface area contributed by atoms with E-state index in [4.69, 9.17) is 0 Å². The van der Waals surface area contributed by atoms with Gasteiger partial charge in [0.25, 0.3) is 5.91 Å². The van der Waals surface area contributed by atoms with E-state index in [1.165, 1.54) is 23.9 Å². The number of carbonyl (C=O) groups is 1. The first-order chi connectivity index (χ1) is 14.1. The fraction of sp³-hybridized carbons (Fsp3) is 0.250. The van der Waals surface area contributed by atoms with Crippen LogP contribution >= 0.6 is 0 Å². The molecule has 1 aliphatic rings. The van der Waals surface area contributed by atoms with Gasteiger partial charge in [0, 0.05) is 30.9 Å². The van der Waals surface area contributed by atoms with Crippen molar-refractivity contribution in [3.8, 4) is 17.1 Å². The second-order valence-corrected chi connectivity index (χ2v) is 7.16. The molecule has 0 spiro atoms. The minimum Gasteiger partial charge on any atom is -0.493 e. The lowest BCUT2D eigenvalue weighted by molar-refractivity contribution is -0.140. The minimum atomic E-state index is -4.45. The van der Waals surface area contributed by atoms with Crippen LogP contribution in [0.1, 0.15) is 21.5 Å². The molecule has 3 heterocycles. The van der Waals surface area contributed by atoms with Crippen LogP contribution in [-0.2, 0) is 20.1 Å². The summed E-state index contributed by atoms with van der Waals surface area (Å²) in [4.78, 5) is 29.3. The predicted molar refractivity (Wildman–Crippen MR) is 101 cm³/mol. The number of imidazole rings is 1. The van der Waals surface area contributed by atoms with Crippen molar-refractivity contribution in [1.29, 1.82) is 0 Å². The molecule has 10 heteroatoms. The van der Waals surface area contributed by atoms with Gasteiger partial charge in [0.05, 0.1) is 18.4 Å². The number of pyridine rings is 1. The van der Waals surface area contributed by atoms with E-state index in [9.17, 15) is 27.9 Å². The topological polar surface area (TPSA) is 80.4 Å². The van der Waals surface area contributed by atoms with Crippen LogP contribution in [0, 0.1) is 0 Å². The summed E-state index contributed by atoms with van der Waals surface area (Å²) >= 11 is 0. The van der Waals surface area contributed by atoms with Gasteiger partial charge in [0.15, 0.2) is 0 Å². The molecule has 1 aromatic carbocycles. The van der Waals surface area contributed by atoms with E-state index < -0.39 is 18.6 Å². The van der Waals surface area contributed by atoms with Crippen molar-refractivity contribution in [1.82, 2.24) is 19.0 Å². The number of halogens is 3. The van der Waals surface area contributed by atoms with Crippen molar-refractivity contribution in [3.63, 3.8) is 0 Å². The normalized spacial score (nSPS) is 13.7. The number of amides is 1. The Labute approximate surface area is 168 Å². The Kier molecular flexibility index (Phi) is 4.64. The molecule has 0 aliphatic carbocycles. The van der Waals surface area contributed by atoms with Crippen molar-refractivity contribution < 1.29 is 23.1 Å². The molecular formula is C20H17F3N4O3. The highest BCUT2D eigenvalue weighted by atomic mass is 19.4. The molecule has 2 aromatic heterocycles. The number of hydrogen-bond donors (Lipinski definition) is 1. The predicted octanol–water partition coefficient (Wildman–Crippen LogP) is 2.52. The Morgan fingerprint density at radius 1 is 1.17 bits per heavy atom. The highest BCUT2D eigenvalue weighted by Crippen LogP contribution is 2.30. The maximum Gasteiger partial charge on any atom is 0.406 e. The summed E-state index contributed by atoms with van der Waals surface area (Å²) in [7, 11) is 1.46. The third-order valence-corrected chi connectivity index (χ3v) is 4.98. The standard InChI is InChI=1S/C20H17F3N4O3/c1-25-17(28)10-26(19(25)30)8-12-2-5-16(24-7-12)13-3-4-15-14(6-13)9-27(18(15)29)11-20(21,22)23/h2-7,10,28H,8-9,11H2,1H3. The molecule has 156 valence electrons. The molecule has 0 saturated carbocycles. The molecule has 3 aromatic rings. The van der Waals surface area contributed by atoms with Crippen molar-refractivity contribution in [2.45, 2.75) is 19.3 Å². The zero-order chi connectivity index (χ0) is 21.6. The third-order valence-electron chi connectivity index (χ3n) is 4.98. The number of carbonyl (C=O) groups excluding carboxylic acids is 1. The van der Waals surface area contributed by atoms with Crippen molar-refractivity contribution >= 4 is 5.91 Å². The van der Waals surface area contributed by atoms with E-state index in [2.05, 4.69) is 4.98 Å². The van der Waals surface area contributed by atoms with Gasteiger partial charge in [-0.2, -0.15) is 13.2 Å². The van der Waals surface area contributed by atoms with Gasteiger partial charge in [-0.05, 0) is 29.3 Å². The number of alkyl halides is 3. The third kappa shape index (κ3) is 3.68. The van der Waals surface area contributed by atoms with E-state index in [0.717, 1.165) is 15.0 Å². The fourth-order valence-electron chi connectivity index (χ4n) is 3.46. The molecule has 1 N–H and O–H groups in total. The van der Waals surface area contributed by atoms with Gasteiger partial charge in [-0.25, -0.2) is 4.79 Å². The minimum absolute atomic E-state index is 0.0972. The van der Waals surface area contributed by atoms with Gasteiger partial charge in [-0.3, -0.25) is 18.9 Å². The highest BCUT2D eigenvalue weighted by Gasteiger charge is 2.37. The van der Waals surface area contributed by atoms with Gasteiger partial charge in [0.1, 0.15) is 6.54 Å². The van der Waals surface area contributed by atoms with Gasteiger partial charge >= 0.3 is 11.9 Å². The molecule has 0 bridgehead atoms. The molecule has 1 aliphatic heterocycles. The van der Waals surface area contributed by atoms with E-state index in [0.29, 0.717) is 16.8 Å². The summed E-state index contributed by atoms with van der Waals surface area (Å²) in [6, 6.07) is 8.34. The first-order valence-electron chi connectivity index (χ1n) is 9.02. The van der Waals surface area contributed by atoms with Crippen LogP contribution in [0.4, 0.5) is 13.2 Å². The molecule has 0 atom stereocenters. The van der Waals surface area contributed by atoms with Crippen LogP contribution in [0.25, 0.3) is 11.3 Å². The molecule has 30 heavy (non-hydrogen) atoms. The SMILES string of the molecule is Cn1c(O)cn(Cc2ccc(-c3ccc4c(c3)CN(CC(F)(F)F)C4=O)nc2)c1=O. The maximum absolute atomic E-state index is 12.7. The van der Waals surface area contributed by atoms with Crippen LogP contribution in [0.15, 0.2) is 47.5 Å². The Morgan fingerprint density at radius 2 is 1.93 bits per heavy atom. The summed E-state index contributed by atoms with van der Waals surface area (Å²) in [6.07, 6.45) is -1.53. The van der Waals surface area contributed by atoms with Gasteiger partial charge in [0.2, 0.25) is 5.88 Å². The summed E-state index contributed by atoms with van der Waals surface area (Å²) < 4.78 is 40.4. The van der Waals surface area contributed by atoms with Gasteiger partial charge in [-0.1, -0.05) is 12.1 Å². The maximum atomic E-state index is 12.7. The molecule has 7 nitrogen and oxygen atoms in total. The van der Waals surface area contributed by atoms with Crippen LogP contribution in [0.3, 0.4) is 0 Å². The van der Waals surface area contributed by atoms with Crippen molar-refractivity contribution in [2.75, 3.05) is 6.54 Å². The second kappa shape index (κ2) is 7.05. The van der Waals surface area contributed by atoms with Crippen LogP contribution in [0.5, 0.6) is 5.88 Å². The zero-order valence-electron chi connectivity index (χ0n) is 15.8. The molecular weight excluding hydrogens is 401 g/mol. The molecule has 0 unspecified atom stereocenters. The zero-order valence-corrected chi connectivity index (χ0v) is 15.8. The Balaban J connectivity index is 1.53. The molecule has 0 saturated heterocycles. The number of nitrogens with zero attached hydrogens (tertiary/aromatic N) is 4. The first-order valence-corrected chi connectivity index (χ1v) is 9.02. The molecule has 4 rings (SSSR count). The average Bonchev–Trinajstić information content (AvgIpc) is 3.11. The smallest absolute Gasteiger partial charge is 0.406 e. The summed E-state index contributed by atoms with van der Waals surface area (Å²) in [5, 5.41) is 9.61. The van der Waals surface area contributed by atoms with Gasteiger partial charge < -0.3 is 10.0 Å². The van der Waals surface area contributed by atoms with Crippen LogP contribution in [-0.4, -0.2) is 42.8 Å². The Morgan fingerprint density at radius 3 is 2.53 bits per heavy atom. The van der Waals surface area contributed by atoms with Crippen LogP contribution in [0.2, 0.25) is 0 Å². The summed E-state index contributed by atoms with van der Waals surface area (Å²) in [5.74, 6) is -0.773. The monoisotopic (exact) mass is 418 g/mol. The largest absolute Gasteiger partial charge is 0.493 e. The van der Waals surface area contributed by atoms with Gasteiger partial charge in [-0.15, -0.1) is 0 Å². The highest BCUT2D eigenvalue weighted by molar-refractivity contribution is 5.99. The van der Waals surface area contributed by atoms with Crippen molar-refractivity contribution in [3.05, 3.63) is 69.9 Å². The number of rotatable bonds is 4. The Bertz CT molecular complexity index is 1180. The number of aromatic hydroxyl groups is 1. The summed E-state index contributed by atoms with van der Waals surface area (Å²) in [5.41, 5.74) is 2.44. The van der Waals surface area contributed by atoms with Crippen LogP contribution < -0.4 is 5.69 Å². The fourth-order valence-corrected chi connectivity index (χ4v) is 3.46. The average molecular weight is 418 g/mol. The van der Waals surface area contributed by atoms with E-state index in [1.54, 1.807) is 30.5 Å². The Hall–Kier alpha value is -3.56. The lowest BCUT2D eigenvalue weighted by Gasteiger charge is -2.17. The number of fused-ring (bicyclic) bond motifs is 1. The molecule has 1 amide bonds. The van der Waals surface area contributed by atoms with Crippen molar-refractivity contribution in [2.24, 2.45) is 7.05 Å². The lowest BCUT2D eigenvalue weighted by atomic mass is 10.0. The number of aromatic nitrogens is 3. The van der Waals surface area contributed by atoms with E-state index in [1.807, 2.05) is 0 Å². The summed E-state index contributed by atoms with van der Waals surface area (Å²) in [6.45, 7) is -1.15. The quantitative estimate of drug-likeness (QED) is 0.706. The van der Waals surface area contributed by atoms with E-state index >= 15 is 0 Å².